The van der Waals surface area contributed by atoms with Crippen molar-refractivity contribution >= 4 is 27.8 Å². The molecule has 3 heterocycles. The Morgan fingerprint density at radius 1 is 1.45 bits per heavy atom. The van der Waals surface area contributed by atoms with Gasteiger partial charge in [-0.15, -0.1) is 0 Å². The molecule has 0 radical (unpaired) electrons. The first-order chi connectivity index (χ1) is 10.6. The molecule has 0 spiro atoms. The van der Waals surface area contributed by atoms with E-state index in [0.29, 0.717) is 23.5 Å². The number of anilines is 1. The number of hydrogen-bond acceptors (Lipinski definition) is 5. The molecular weight excluding hydrogens is 287 g/mol. The number of aromatic hydroxyl groups is 1. The van der Waals surface area contributed by atoms with E-state index in [2.05, 4.69) is 9.97 Å². The summed E-state index contributed by atoms with van der Waals surface area (Å²) in [5.41, 5.74) is 7.85. The number of alkyl halides is 1. The summed E-state index contributed by atoms with van der Waals surface area (Å²) in [5.74, 6) is 1.01. The van der Waals surface area contributed by atoms with Crippen LogP contribution in [-0.4, -0.2) is 32.4 Å². The molecule has 114 valence electrons. The highest BCUT2D eigenvalue weighted by molar-refractivity contribution is 6.07. The highest BCUT2D eigenvalue weighted by atomic mass is 19.1. The molecular formula is C15H15FN4O2. The van der Waals surface area contributed by atoms with Crippen LogP contribution in [0.15, 0.2) is 18.2 Å². The molecule has 7 heteroatoms. The second kappa shape index (κ2) is 4.54. The van der Waals surface area contributed by atoms with Crippen molar-refractivity contribution in [2.75, 3.05) is 12.3 Å². The van der Waals surface area contributed by atoms with Crippen LogP contribution in [0.3, 0.4) is 0 Å². The van der Waals surface area contributed by atoms with Crippen LogP contribution in [0.4, 0.5) is 10.2 Å². The largest absolute Gasteiger partial charge is 0.508 e. The summed E-state index contributed by atoms with van der Waals surface area (Å²) in [6.07, 6.45) is -1.09. The predicted octanol–water partition coefficient (Wildman–Crippen LogP) is 2.30. The summed E-state index contributed by atoms with van der Waals surface area (Å²) in [7, 11) is 0. The number of halogens is 1. The molecule has 2 atom stereocenters. The van der Waals surface area contributed by atoms with Gasteiger partial charge in [0, 0.05) is 11.5 Å². The second-order valence-electron chi connectivity index (χ2n) is 5.55. The van der Waals surface area contributed by atoms with Gasteiger partial charge < -0.3 is 20.1 Å². The fourth-order valence-electron chi connectivity index (χ4n) is 3.05. The average Bonchev–Trinajstić information content (AvgIpc) is 2.87. The number of phenolic OH excluding ortho intramolecular Hbond substituents is 1. The van der Waals surface area contributed by atoms with E-state index in [1.807, 2.05) is 4.57 Å². The topological polar surface area (TPSA) is 86.2 Å². The fourth-order valence-corrected chi connectivity index (χ4v) is 3.05. The monoisotopic (exact) mass is 302 g/mol. The van der Waals surface area contributed by atoms with Crippen LogP contribution < -0.4 is 5.73 Å². The minimum absolute atomic E-state index is 0.107. The van der Waals surface area contributed by atoms with Crippen molar-refractivity contribution in [2.24, 2.45) is 0 Å². The van der Waals surface area contributed by atoms with Gasteiger partial charge in [0.15, 0.2) is 5.82 Å². The highest BCUT2D eigenvalue weighted by Crippen LogP contribution is 2.35. The third-order valence-corrected chi connectivity index (χ3v) is 4.09. The van der Waals surface area contributed by atoms with Crippen molar-refractivity contribution in [2.45, 2.75) is 25.7 Å². The lowest BCUT2D eigenvalue weighted by Gasteiger charge is -2.27. The number of nitrogens with two attached hydrogens (primary N) is 1. The lowest BCUT2D eigenvalue weighted by atomic mass is 10.1. The van der Waals surface area contributed by atoms with E-state index in [1.165, 1.54) is 13.0 Å². The van der Waals surface area contributed by atoms with Gasteiger partial charge in [0.25, 0.3) is 0 Å². The highest BCUT2D eigenvalue weighted by Gasteiger charge is 2.30. The van der Waals surface area contributed by atoms with Gasteiger partial charge in [-0.05, 0) is 19.1 Å². The lowest BCUT2D eigenvalue weighted by molar-refractivity contribution is 0.0309. The number of rotatable bonds is 1. The maximum absolute atomic E-state index is 14.0. The molecule has 3 aromatic rings. The Bertz CT molecular complexity index is 890. The molecule has 0 saturated heterocycles. The zero-order chi connectivity index (χ0) is 15.4. The van der Waals surface area contributed by atoms with E-state index >= 15 is 0 Å². The molecule has 2 aromatic heterocycles. The molecule has 1 aliphatic rings. The van der Waals surface area contributed by atoms with Gasteiger partial charge in [-0.1, -0.05) is 0 Å². The Hall–Kier alpha value is -2.41. The molecule has 22 heavy (non-hydrogen) atoms. The summed E-state index contributed by atoms with van der Waals surface area (Å²) in [5, 5.41) is 10.4. The molecule has 1 aromatic carbocycles. The second-order valence-corrected chi connectivity index (χ2v) is 5.55. The number of hydrogen-bond donors (Lipinski definition) is 2. The fraction of sp³-hybridized carbons (Fsp3) is 0.333. The number of aromatic nitrogens is 3. The first-order valence-electron chi connectivity index (χ1n) is 7.07. The Labute approximate surface area is 125 Å². The Kier molecular flexibility index (Phi) is 2.74. The van der Waals surface area contributed by atoms with E-state index in [9.17, 15) is 9.50 Å². The quantitative estimate of drug-likeness (QED) is 0.720. The van der Waals surface area contributed by atoms with Crippen molar-refractivity contribution in [1.82, 2.24) is 14.5 Å². The standard InChI is InChI=1S/C15H15FN4O2/c1-7(16)11-5-22-6-12-19-13-14(20(11)12)9-3-2-8(21)4-10(9)18-15(13)17/h2-4,7,11,21H,5-6H2,1H3,(H2,17,18)/t7-,11-/m1/s1. The number of imidazole rings is 1. The van der Waals surface area contributed by atoms with Crippen LogP contribution >= 0.6 is 0 Å². The lowest BCUT2D eigenvalue weighted by Crippen LogP contribution is -2.29. The number of ether oxygens (including phenoxy) is 1. The maximum atomic E-state index is 14.0. The number of nitrogens with zero attached hydrogens (tertiary/aromatic N) is 3. The van der Waals surface area contributed by atoms with E-state index in [4.69, 9.17) is 10.5 Å². The molecule has 0 bridgehead atoms. The third kappa shape index (κ3) is 1.75. The molecule has 0 unspecified atom stereocenters. The van der Waals surface area contributed by atoms with Gasteiger partial charge in [0.2, 0.25) is 0 Å². The van der Waals surface area contributed by atoms with Crippen LogP contribution in [0, 0.1) is 0 Å². The number of phenols is 1. The van der Waals surface area contributed by atoms with E-state index < -0.39 is 12.2 Å². The van der Waals surface area contributed by atoms with E-state index in [-0.39, 0.29) is 18.2 Å². The van der Waals surface area contributed by atoms with Gasteiger partial charge in [-0.3, -0.25) is 0 Å². The average molecular weight is 302 g/mol. The minimum atomic E-state index is -1.09. The Morgan fingerprint density at radius 3 is 3.05 bits per heavy atom. The van der Waals surface area contributed by atoms with E-state index in [1.54, 1.807) is 12.1 Å². The summed E-state index contributed by atoms with van der Waals surface area (Å²) in [6, 6.07) is 4.42. The van der Waals surface area contributed by atoms with Crippen LogP contribution in [0.5, 0.6) is 5.75 Å². The van der Waals surface area contributed by atoms with Crippen LogP contribution in [0.1, 0.15) is 18.8 Å². The first-order valence-corrected chi connectivity index (χ1v) is 7.07. The summed E-state index contributed by atoms with van der Waals surface area (Å²) < 4.78 is 21.3. The summed E-state index contributed by atoms with van der Waals surface area (Å²) >= 11 is 0. The van der Waals surface area contributed by atoms with E-state index in [0.717, 1.165) is 10.9 Å². The summed E-state index contributed by atoms with van der Waals surface area (Å²) in [6.45, 7) is 2.11. The van der Waals surface area contributed by atoms with Crippen LogP contribution in [-0.2, 0) is 11.3 Å². The Balaban J connectivity index is 2.15. The van der Waals surface area contributed by atoms with Crippen molar-refractivity contribution in [3.05, 3.63) is 24.0 Å². The number of nitrogen functional groups attached to an aromatic ring is 1. The van der Waals surface area contributed by atoms with Crippen molar-refractivity contribution in [1.29, 1.82) is 0 Å². The van der Waals surface area contributed by atoms with Gasteiger partial charge in [0.05, 0.1) is 23.7 Å². The number of benzene rings is 1. The molecule has 3 N–H and O–H groups in total. The van der Waals surface area contributed by atoms with Crippen molar-refractivity contribution < 1.29 is 14.2 Å². The van der Waals surface area contributed by atoms with Crippen molar-refractivity contribution in [3.8, 4) is 5.75 Å². The molecule has 1 aliphatic heterocycles. The van der Waals surface area contributed by atoms with Crippen molar-refractivity contribution in [3.63, 3.8) is 0 Å². The van der Waals surface area contributed by atoms with Gasteiger partial charge in [-0.2, -0.15) is 0 Å². The minimum Gasteiger partial charge on any atom is -0.508 e. The van der Waals surface area contributed by atoms with Crippen LogP contribution in [0.2, 0.25) is 0 Å². The molecule has 4 rings (SSSR count). The van der Waals surface area contributed by atoms with Gasteiger partial charge >= 0.3 is 0 Å². The number of fused-ring (bicyclic) bond motifs is 5. The number of pyridine rings is 1. The van der Waals surface area contributed by atoms with Crippen LogP contribution in [0.25, 0.3) is 21.9 Å². The zero-order valence-corrected chi connectivity index (χ0v) is 12.0. The Morgan fingerprint density at radius 2 is 2.27 bits per heavy atom. The molecule has 0 aliphatic carbocycles. The normalized spacial score (nSPS) is 19.5. The molecule has 0 saturated carbocycles. The SMILES string of the molecule is C[C@@H](F)[C@H]1COCc2nc3c(N)nc4cc(O)ccc4c3n21. The molecule has 6 nitrogen and oxygen atoms in total. The summed E-state index contributed by atoms with van der Waals surface area (Å²) in [4.78, 5) is 8.76. The maximum Gasteiger partial charge on any atom is 0.152 e. The zero-order valence-electron chi connectivity index (χ0n) is 12.0. The predicted molar refractivity (Wildman–Crippen MR) is 80.4 cm³/mol. The van der Waals surface area contributed by atoms with Gasteiger partial charge in [-0.25, -0.2) is 14.4 Å². The third-order valence-electron chi connectivity index (χ3n) is 4.09. The smallest absolute Gasteiger partial charge is 0.152 e. The van der Waals surface area contributed by atoms with Gasteiger partial charge in [0.1, 0.15) is 29.9 Å². The molecule has 0 amide bonds. The first kappa shape index (κ1) is 13.3. The molecule has 0 fully saturated rings.